The smallest absolute Gasteiger partial charge is 0.312 e. The number of carbonyl (C=O) groups is 1. The molecule has 4 aliphatic carbocycles. The van der Waals surface area contributed by atoms with Crippen LogP contribution in [-0.4, -0.2) is 63.0 Å². The molecule has 1 saturated heterocycles. The Balaban J connectivity index is 1.65. The molecule has 30 heavy (non-hydrogen) atoms. The molecule has 6 atom stereocenters. The van der Waals surface area contributed by atoms with E-state index in [1.165, 1.54) is 11.1 Å². The number of hydrogen-bond donors (Lipinski definition) is 0. The van der Waals surface area contributed by atoms with E-state index in [0.717, 1.165) is 37.3 Å². The number of benzene rings is 1. The Morgan fingerprint density at radius 1 is 1.30 bits per heavy atom. The van der Waals surface area contributed by atoms with Gasteiger partial charge in [-0.15, -0.1) is 0 Å². The highest BCUT2D eigenvalue weighted by molar-refractivity contribution is 5.78. The van der Waals surface area contributed by atoms with Gasteiger partial charge in [-0.1, -0.05) is 18.2 Å². The monoisotopic (exact) mass is 411 g/mol. The van der Waals surface area contributed by atoms with Gasteiger partial charge in [-0.2, -0.15) is 0 Å². The Labute approximate surface area is 177 Å². The second-order valence-electron chi connectivity index (χ2n) is 9.49. The molecule has 2 spiro atoms. The molecule has 0 aromatic heterocycles. The van der Waals surface area contributed by atoms with Crippen molar-refractivity contribution in [3.05, 3.63) is 35.4 Å². The summed E-state index contributed by atoms with van der Waals surface area (Å²) in [6.07, 6.45) is 6.86. The number of piperidine rings is 1. The normalized spacial score (nSPS) is 41.9. The first-order chi connectivity index (χ1) is 14.5. The van der Waals surface area contributed by atoms with Crippen LogP contribution in [0.5, 0.6) is 11.5 Å². The molecule has 4 bridgehead atoms. The van der Waals surface area contributed by atoms with Crippen molar-refractivity contribution in [2.24, 2.45) is 11.3 Å². The lowest BCUT2D eigenvalue weighted by Gasteiger charge is -2.70. The zero-order valence-electron chi connectivity index (χ0n) is 18.1. The molecular formula is C24H29NO5. The van der Waals surface area contributed by atoms with Gasteiger partial charge in [-0.05, 0) is 51.4 Å². The fourth-order valence-corrected chi connectivity index (χ4v) is 7.72. The predicted octanol–water partition coefficient (Wildman–Crippen LogP) is 2.48. The van der Waals surface area contributed by atoms with Crippen molar-refractivity contribution in [3.63, 3.8) is 0 Å². The van der Waals surface area contributed by atoms with E-state index in [9.17, 15) is 4.79 Å². The average Bonchev–Trinajstić information content (AvgIpc) is 3.13. The zero-order valence-corrected chi connectivity index (χ0v) is 18.1. The van der Waals surface area contributed by atoms with Crippen molar-refractivity contribution in [2.75, 3.05) is 34.4 Å². The Morgan fingerprint density at radius 3 is 2.87 bits per heavy atom. The molecule has 0 N–H and O–H groups in total. The van der Waals surface area contributed by atoms with Crippen LogP contribution in [0.3, 0.4) is 0 Å². The molecule has 1 saturated carbocycles. The van der Waals surface area contributed by atoms with Gasteiger partial charge in [0.05, 0.1) is 25.0 Å². The van der Waals surface area contributed by atoms with Gasteiger partial charge in [0, 0.05) is 24.1 Å². The van der Waals surface area contributed by atoms with Crippen molar-refractivity contribution in [1.82, 2.24) is 4.90 Å². The molecule has 6 nitrogen and oxygen atoms in total. The van der Waals surface area contributed by atoms with E-state index in [-0.39, 0.29) is 28.8 Å². The molecule has 0 radical (unpaired) electrons. The fraction of sp³-hybridized carbons (Fsp3) is 0.625. The van der Waals surface area contributed by atoms with Crippen molar-refractivity contribution in [1.29, 1.82) is 0 Å². The van der Waals surface area contributed by atoms with Gasteiger partial charge in [0.15, 0.2) is 11.5 Å². The number of likely N-dealkylation sites (N-methyl/N-ethyl adjacent to an activating group) is 1. The maximum absolute atomic E-state index is 13.2. The Bertz CT molecular complexity index is 975. The van der Waals surface area contributed by atoms with Crippen LogP contribution >= 0.6 is 0 Å². The van der Waals surface area contributed by atoms with Gasteiger partial charge < -0.3 is 23.8 Å². The van der Waals surface area contributed by atoms with Crippen LogP contribution in [-0.2, 0) is 26.1 Å². The van der Waals surface area contributed by atoms with E-state index in [0.29, 0.717) is 12.6 Å². The number of hydrogen-bond acceptors (Lipinski definition) is 6. The highest BCUT2D eigenvalue weighted by Gasteiger charge is 2.80. The zero-order chi connectivity index (χ0) is 20.9. The van der Waals surface area contributed by atoms with E-state index in [1.54, 1.807) is 14.2 Å². The second kappa shape index (κ2) is 5.80. The lowest BCUT2D eigenvalue weighted by Crippen LogP contribution is -2.79. The molecule has 1 aromatic rings. The quantitative estimate of drug-likeness (QED) is 0.561. The summed E-state index contributed by atoms with van der Waals surface area (Å²) in [4.78, 5) is 15.7. The van der Waals surface area contributed by atoms with E-state index in [2.05, 4.69) is 30.2 Å². The first kappa shape index (κ1) is 18.7. The molecule has 6 heteroatoms. The summed E-state index contributed by atoms with van der Waals surface area (Å²) in [6, 6.07) is 4.54. The van der Waals surface area contributed by atoms with Gasteiger partial charge in [0.1, 0.15) is 11.7 Å². The third-order valence-corrected chi connectivity index (χ3v) is 8.85. The molecule has 2 heterocycles. The molecule has 7 rings (SSSR count). The van der Waals surface area contributed by atoms with Crippen LogP contribution in [0.4, 0.5) is 0 Å². The molecular weight excluding hydrogens is 382 g/mol. The highest BCUT2D eigenvalue weighted by Crippen LogP contribution is 2.74. The van der Waals surface area contributed by atoms with Crippen molar-refractivity contribution < 1.29 is 23.7 Å². The maximum Gasteiger partial charge on any atom is 0.312 e. The number of likely N-dealkylation sites (tertiary alicyclic amines) is 1. The predicted molar refractivity (Wildman–Crippen MR) is 110 cm³/mol. The first-order valence-electron chi connectivity index (χ1n) is 11.0. The minimum absolute atomic E-state index is 0.184. The number of rotatable bonds is 4. The van der Waals surface area contributed by atoms with E-state index < -0.39 is 5.60 Å². The highest BCUT2D eigenvalue weighted by atomic mass is 16.6. The van der Waals surface area contributed by atoms with Crippen LogP contribution in [0, 0.1) is 11.3 Å². The number of esters is 1. The topological polar surface area (TPSA) is 57.2 Å². The summed E-state index contributed by atoms with van der Waals surface area (Å²) in [7, 11) is 5.61. The molecule has 160 valence electrons. The maximum atomic E-state index is 13.2. The lowest BCUT2D eigenvalue weighted by molar-refractivity contribution is -0.221. The second-order valence-corrected chi connectivity index (χ2v) is 9.49. The van der Waals surface area contributed by atoms with Crippen LogP contribution in [0.2, 0.25) is 0 Å². The van der Waals surface area contributed by atoms with Crippen LogP contribution < -0.4 is 9.47 Å². The SMILES string of the molecule is CCOC(=O)C1CC23C=CC1(OC)C1Oc4c(OC)ccc5c4C12CCN(C)C3C5. The first-order valence-corrected chi connectivity index (χ1v) is 11.0. The van der Waals surface area contributed by atoms with Crippen molar-refractivity contribution in [3.8, 4) is 11.5 Å². The summed E-state index contributed by atoms with van der Waals surface area (Å²) >= 11 is 0. The average molecular weight is 411 g/mol. The molecule has 1 aromatic carbocycles. The largest absolute Gasteiger partial charge is 0.493 e. The standard InChI is InChI=1S/C24H29NO5/c1-5-29-20(26)15-13-22-8-9-24(15,28-4)21-23(22)10-11-25(2)17(22)12-14-6-7-16(27-3)19(30-21)18(14)23/h6-9,15,17,21H,5,10-13H2,1-4H3. The summed E-state index contributed by atoms with van der Waals surface area (Å²) in [5, 5.41) is 0. The third kappa shape index (κ3) is 1.75. The van der Waals surface area contributed by atoms with Gasteiger partial charge in [-0.3, -0.25) is 4.79 Å². The van der Waals surface area contributed by atoms with E-state index in [4.69, 9.17) is 18.9 Å². The molecule has 6 aliphatic rings. The summed E-state index contributed by atoms with van der Waals surface area (Å²) in [5.74, 6) is 1.04. The van der Waals surface area contributed by atoms with Crippen molar-refractivity contribution >= 4 is 5.97 Å². The lowest BCUT2D eigenvalue weighted by atomic mass is 9.37. The van der Waals surface area contributed by atoms with Gasteiger partial charge >= 0.3 is 5.97 Å². The minimum atomic E-state index is -0.840. The van der Waals surface area contributed by atoms with E-state index >= 15 is 0 Å². The summed E-state index contributed by atoms with van der Waals surface area (Å²) in [5.41, 5.74) is 1.40. The summed E-state index contributed by atoms with van der Waals surface area (Å²) < 4.78 is 24.3. The number of carbonyl (C=O) groups excluding carboxylic acids is 1. The minimum Gasteiger partial charge on any atom is -0.493 e. The van der Waals surface area contributed by atoms with Gasteiger partial charge in [0.2, 0.25) is 0 Å². The number of ether oxygens (including phenoxy) is 4. The number of methoxy groups -OCH3 is 2. The third-order valence-electron chi connectivity index (χ3n) is 8.85. The Kier molecular flexibility index (Phi) is 3.61. The Morgan fingerprint density at radius 2 is 2.13 bits per heavy atom. The Hall–Kier alpha value is -2.05. The fourth-order valence-electron chi connectivity index (χ4n) is 7.72. The van der Waals surface area contributed by atoms with Crippen molar-refractivity contribution in [2.45, 2.75) is 49.3 Å². The molecule has 2 fully saturated rings. The molecule has 2 aliphatic heterocycles. The number of fused-ring (bicyclic) bond motifs is 1. The van der Waals surface area contributed by atoms with Crippen LogP contribution in [0.15, 0.2) is 24.3 Å². The number of nitrogens with zero attached hydrogens (tertiary/aromatic N) is 1. The van der Waals surface area contributed by atoms with E-state index in [1.807, 2.05) is 13.0 Å². The summed E-state index contributed by atoms with van der Waals surface area (Å²) in [6.45, 7) is 3.22. The molecule has 0 amide bonds. The van der Waals surface area contributed by atoms with Gasteiger partial charge in [0.25, 0.3) is 0 Å². The van der Waals surface area contributed by atoms with Crippen LogP contribution in [0.25, 0.3) is 0 Å². The molecule has 6 unspecified atom stereocenters. The van der Waals surface area contributed by atoms with Gasteiger partial charge in [-0.25, -0.2) is 0 Å². The van der Waals surface area contributed by atoms with Crippen LogP contribution in [0.1, 0.15) is 30.9 Å².